The van der Waals surface area contributed by atoms with Gasteiger partial charge >= 0.3 is 0 Å². The van der Waals surface area contributed by atoms with Gasteiger partial charge in [0.15, 0.2) is 5.82 Å². The lowest BCUT2D eigenvalue weighted by atomic mass is 10.1. The van der Waals surface area contributed by atoms with Crippen molar-refractivity contribution in [1.82, 2.24) is 10.2 Å². The van der Waals surface area contributed by atoms with Gasteiger partial charge in [-0.05, 0) is 42.3 Å². The summed E-state index contributed by atoms with van der Waals surface area (Å²) in [7, 11) is 1.96. The third kappa shape index (κ3) is 2.59. The van der Waals surface area contributed by atoms with E-state index in [2.05, 4.69) is 24.0 Å². The number of hydrogen-bond acceptors (Lipinski definition) is 4. The zero-order chi connectivity index (χ0) is 13.1. The predicted octanol–water partition coefficient (Wildman–Crippen LogP) is 2.95. The van der Waals surface area contributed by atoms with Gasteiger partial charge in [0.1, 0.15) is 0 Å². The minimum absolute atomic E-state index is 0.397. The largest absolute Gasteiger partial charge is 0.399 e. The number of rotatable bonds is 3. The van der Waals surface area contributed by atoms with Crippen LogP contribution in [0.2, 0.25) is 0 Å². The Bertz CT molecular complexity index is 502. The van der Waals surface area contributed by atoms with E-state index in [0.717, 1.165) is 22.9 Å². The zero-order valence-electron chi connectivity index (χ0n) is 11.0. The van der Waals surface area contributed by atoms with Crippen LogP contribution in [0.25, 0.3) is 0 Å². The summed E-state index contributed by atoms with van der Waals surface area (Å²) in [5, 5.41) is 8.47. The molecule has 0 aliphatic carbocycles. The smallest absolute Gasteiger partial charge is 0.155 e. The van der Waals surface area contributed by atoms with Crippen LogP contribution in [0.15, 0.2) is 36.4 Å². The van der Waals surface area contributed by atoms with Crippen molar-refractivity contribution >= 4 is 17.2 Å². The molecule has 0 fully saturated rings. The molecule has 4 heteroatoms. The third-order valence-electron chi connectivity index (χ3n) is 2.89. The van der Waals surface area contributed by atoms with Gasteiger partial charge in [0.05, 0.1) is 5.69 Å². The average Bonchev–Trinajstić information content (AvgIpc) is 2.39. The molecular weight excluding hydrogens is 224 g/mol. The molecule has 0 saturated heterocycles. The maximum Gasteiger partial charge on any atom is 0.155 e. The maximum atomic E-state index is 5.67. The molecule has 0 amide bonds. The van der Waals surface area contributed by atoms with Gasteiger partial charge in [0.2, 0.25) is 0 Å². The van der Waals surface area contributed by atoms with Crippen LogP contribution in [0.3, 0.4) is 0 Å². The maximum absolute atomic E-state index is 5.67. The van der Waals surface area contributed by atoms with Gasteiger partial charge in [0.25, 0.3) is 0 Å². The molecule has 0 atom stereocenters. The highest BCUT2D eigenvalue weighted by Crippen LogP contribution is 2.22. The lowest BCUT2D eigenvalue weighted by Crippen LogP contribution is -2.12. The molecule has 2 rings (SSSR count). The van der Waals surface area contributed by atoms with Crippen molar-refractivity contribution in [3.05, 3.63) is 42.1 Å². The fourth-order valence-electron chi connectivity index (χ4n) is 1.65. The summed E-state index contributed by atoms with van der Waals surface area (Å²) in [5.74, 6) is 1.22. The van der Waals surface area contributed by atoms with Gasteiger partial charge < -0.3 is 10.6 Å². The van der Waals surface area contributed by atoms with Gasteiger partial charge in [0, 0.05) is 18.4 Å². The van der Waals surface area contributed by atoms with E-state index in [-0.39, 0.29) is 0 Å². The number of hydrogen-bond donors (Lipinski definition) is 1. The molecule has 1 heterocycles. The SMILES string of the molecule is CC(C)c1ccc(N(C)c2ccc(N)cc2)nn1. The third-order valence-corrected chi connectivity index (χ3v) is 2.89. The summed E-state index contributed by atoms with van der Waals surface area (Å²) in [6.07, 6.45) is 0. The van der Waals surface area contributed by atoms with Gasteiger partial charge in [-0.25, -0.2) is 0 Å². The highest BCUT2D eigenvalue weighted by Gasteiger charge is 2.07. The van der Waals surface area contributed by atoms with Crippen LogP contribution in [-0.2, 0) is 0 Å². The van der Waals surface area contributed by atoms with Crippen LogP contribution in [-0.4, -0.2) is 17.2 Å². The molecule has 1 aromatic heterocycles. The fourth-order valence-corrected chi connectivity index (χ4v) is 1.65. The molecule has 0 radical (unpaired) electrons. The molecule has 0 aliphatic rings. The second-order valence-corrected chi connectivity index (χ2v) is 4.62. The van der Waals surface area contributed by atoms with Crippen molar-refractivity contribution in [2.45, 2.75) is 19.8 Å². The summed E-state index contributed by atoms with van der Waals surface area (Å²) in [5.41, 5.74) is 8.47. The first-order valence-corrected chi connectivity index (χ1v) is 6.01. The van der Waals surface area contributed by atoms with E-state index < -0.39 is 0 Å². The molecular formula is C14H18N4. The number of benzene rings is 1. The predicted molar refractivity (Wildman–Crippen MR) is 75.0 cm³/mol. The molecule has 2 N–H and O–H groups in total. The summed E-state index contributed by atoms with van der Waals surface area (Å²) in [4.78, 5) is 1.98. The van der Waals surface area contributed by atoms with Crippen LogP contribution in [0, 0.1) is 0 Å². The minimum Gasteiger partial charge on any atom is -0.399 e. The highest BCUT2D eigenvalue weighted by atomic mass is 15.2. The van der Waals surface area contributed by atoms with Crippen LogP contribution in [0.1, 0.15) is 25.5 Å². The van der Waals surface area contributed by atoms with E-state index >= 15 is 0 Å². The normalized spacial score (nSPS) is 10.7. The zero-order valence-corrected chi connectivity index (χ0v) is 11.0. The Hall–Kier alpha value is -2.10. The average molecular weight is 242 g/mol. The lowest BCUT2D eigenvalue weighted by molar-refractivity contribution is 0.783. The Morgan fingerprint density at radius 1 is 1.00 bits per heavy atom. The molecule has 0 unspecified atom stereocenters. The number of nitrogens with two attached hydrogens (primary N) is 1. The van der Waals surface area contributed by atoms with Gasteiger partial charge in [-0.3, -0.25) is 0 Å². The van der Waals surface area contributed by atoms with E-state index in [9.17, 15) is 0 Å². The number of nitrogen functional groups attached to an aromatic ring is 1. The van der Waals surface area contributed by atoms with E-state index in [0.29, 0.717) is 5.92 Å². The first-order valence-electron chi connectivity index (χ1n) is 6.01. The Morgan fingerprint density at radius 3 is 2.17 bits per heavy atom. The minimum atomic E-state index is 0.397. The van der Waals surface area contributed by atoms with Crippen molar-refractivity contribution < 1.29 is 0 Å². The fraction of sp³-hybridized carbons (Fsp3) is 0.286. The Balaban J connectivity index is 2.23. The van der Waals surface area contributed by atoms with Crippen molar-refractivity contribution in [1.29, 1.82) is 0 Å². The quantitative estimate of drug-likeness (QED) is 0.841. The van der Waals surface area contributed by atoms with Gasteiger partial charge in [-0.2, -0.15) is 5.10 Å². The Labute approximate surface area is 107 Å². The first kappa shape index (κ1) is 12.4. The molecule has 0 aliphatic heterocycles. The van der Waals surface area contributed by atoms with E-state index in [1.165, 1.54) is 0 Å². The second-order valence-electron chi connectivity index (χ2n) is 4.62. The van der Waals surface area contributed by atoms with Crippen molar-refractivity contribution in [2.24, 2.45) is 0 Å². The van der Waals surface area contributed by atoms with Crippen LogP contribution >= 0.6 is 0 Å². The van der Waals surface area contributed by atoms with Gasteiger partial charge in [-0.1, -0.05) is 13.8 Å². The van der Waals surface area contributed by atoms with Crippen LogP contribution in [0.5, 0.6) is 0 Å². The molecule has 1 aromatic carbocycles. The van der Waals surface area contributed by atoms with Crippen LogP contribution in [0.4, 0.5) is 17.2 Å². The molecule has 94 valence electrons. The summed E-state index contributed by atoms with van der Waals surface area (Å²) < 4.78 is 0. The summed E-state index contributed by atoms with van der Waals surface area (Å²) in [6, 6.07) is 11.7. The second kappa shape index (κ2) is 5.04. The standard InChI is InChI=1S/C14H18N4/c1-10(2)13-8-9-14(17-16-13)18(3)12-6-4-11(15)5-7-12/h4-10H,15H2,1-3H3. The van der Waals surface area contributed by atoms with Crippen molar-refractivity contribution in [2.75, 3.05) is 17.7 Å². The van der Waals surface area contributed by atoms with E-state index in [4.69, 9.17) is 5.73 Å². The molecule has 18 heavy (non-hydrogen) atoms. The molecule has 0 bridgehead atoms. The first-order chi connectivity index (χ1) is 8.58. The van der Waals surface area contributed by atoms with E-state index in [1.54, 1.807) is 0 Å². The number of nitrogens with zero attached hydrogens (tertiary/aromatic N) is 3. The number of aromatic nitrogens is 2. The number of anilines is 3. The Morgan fingerprint density at radius 2 is 1.67 bits per heavy atom. The topological polar surface area (TPSA) is 55.0 Å². The van der Waals surface area contributed by atoms with Crippen LogP contribution < -0.4 is 10.6 Å². The molecule has 2 aromatic rings. The summed E-state index contributed by atoms with van der Waals surface area (Å²) in [6.45, 7) is 4.21. The Kier molecular flexibility index (Phi) is 3.46. The molecule has 4 nitrogen and oxygen atoms in total. The monoisotopic (exact) mass is 242 g/mol. The lowest BCUT2D eigenvalue weighted by Gasteiger charge is -2.18. The van der Waals surface area contributed by atoms with Gasteiger partial charge in [-0.15, -0.1) is 5.10 Å². The molecule has 0 saturated carbocycles. The summed E-state index contributed by atoms with van der Waals surface area (Å²) >= 11 is 0. The van der Waals surface area contributed by atoms with Crippen molar-refractivity contribution in [3.63, 3.8) is 0 Å². The van der Waals surface area contributed by atoms with Crippen molar-refractivity contribution in [3.8, 4) is 0 Å². The molecule has 0 spiro atoms. The van der Waals surface area contributed by atoms with E-state index in [1.807, 2.05) is 48.3 Å². The highest BCUT2D eigenvalue weighted by molar-refractivity contribution is 5.61.